The van der Waals surface area contributed by atoms with E-state index in [1.54, 1.807) is 0 Å². The number of carbonyl (C=O) groups excluding carboxylic acids is 2. The first-order valence-corrected chi connectivity index (χ1v) is 5.25. The molecule has 0 fully saturated rings. The van der Waals surface area contributed by atoms with E-state index in [0.717, 1.165) is 0 Å². The number of esters is 2. The van der Waals surface area contributed by atoms with E-state index in [0.29, 0.717) is 12.8 Å². The average Bonchev–Trinajstić information content (AvgIpc) is 2.15. The van der Waals surface area contributed by atoms with Gasteiger partial charge in [-0.3, -0.25) is 9.59 Å². The number of rotatable bonds is 6. The summed E-state index contributed by atoms with van der Waals surface area (Å²) in [6.45, 7) is 5.77. The molecule has 0 aliphatic rings. The Bertz CT molecular complexity index is 211. The van der Waals surface area contributed by atoms with Gasteiger partial charge in [-0.05, 0) is 12.3 Å². The summed E-state index contributed by atoms with van der Waals surface area (Å²) in [5.41, 5.74) is 0. The van der Waals surface area contributed by atoms with Gasteiger partial charge in [-0.25, -0.2) is 0 Å². The summed E-state index contributed by atoms with van der Waals surface area (Å²) in [6.07, 6.45) is 0.789. The summed E-state index contributed by atoms with van der Waals surface area (Å²) in [5, 5.41) is 0. The Morgan fingerprint density at radius 3 is 2.13 bits per heavy atom. The monoisotopic (exact) mass is 216 g/mol. The van der Waals surface area contributed by atoms with Crippen molar-refractivity contribution in [3.05, 3.63) is 0 Å². The van der Waals surface area contributed by atoms with Crippen molar-refractivity contribution in [1.29, 1.82) is 0 Å². The highest BCUT2D eigenvalue weighted by atomic mass is 16.6. The molecule has 1 unspecified atom stereocenters. The molecule has 0 heterocycles. The molecule has 0 rings (SSSR count). The van der Waals surface area contributed by atoms with E-state index >= 15 is 0 Å². The fraction of sp³-hybridized carbons (Fsp3) is 0.818. The third kappa shape index (κ3) is 6.94. The van der Waals surface area contributed by atoms with E-state index < -0.39 is 0 Å². The van der Waals surface area contributed by atoms with Crippen LogP contribution in [0.4, 0.5) is 0 Å². The lowest BCUT2D eigenvalue weighted by Gasteiger charge is -2.15. The number of methoxy groups -OCH3 is 1. The van der Waals surface area contributed by atoms with Crippen molar-refractivity contribution in [2.45, 2.75) is 46.1 Å². The van der Waals surface area contributed by atoms with Crippen LogP contribution in [-0.2, 0) is 19.1 Å². The summed E-state index contributed by atoms with van der Waals surface area (Å²) >= 11 is 0. The molecule has 4 nitrogen and oxygen atoms in total. The smallest absolute Gasteiger partial charge is 0.309 e. The van der Waals surface area contributed by atoms with E-state index in [9.17, 15) is 9.59 Å². The third-order valence-corrected chi connectivity index (χ3v) is 1.95. The Morgan fingerprint density at radius 1 is 1.13 bits per heavy atom. The van der Waals surface area contributed by atoms with Gasteiger partial charge in [0.25, 0.3) is 0 Å². The van der Waals surface area contributed by atoms with Crippen LogP contribution in [0.25, 0.3) is 0 Å². The number of ether oxygens (including phenoxy) is 2. The molecule has 0 saturated heterocycles. The van der Waals surface area contributed by atoms with Gasteiger partial charge < -0.3 is 9.47 Å². The molecule has 0 aromatic carbocycles. The fourth-order valence-corrected chi connectivity index (χ4v) is 1.11. The molecule has 15 heavy (non-hydrogen) atoms. The maximum Gasteiger partial charge on any atom is 0.309 e. The predicted molar refractivity (Wildman–Crippen MR) is 56.3 cm³/mol. The van der Waals surface area contributed by atoms with E-state index in [2.05, 4.69) is 4.74 Å². The lowest BCUT2D eigenvalue weighted by atomic mass is 10.1. The van der Waals surface area contributed by atoms with Crippen LogP contribution >= 0.6 is 0 Å². The van der Waals surface area contributed by atoms with Gasteiger partial charge in [0.15, 0.2) is 0 Å². The SMILES string of the molecule is CCC(CC(=O)OC)OC(=O)CC(C)C. The van der Waals surface area contributed by atoms with E-state index in [1.165, 1.54) is 7.11 Å². The van der Waals surface area contributed by atoms with Crippen LogP contribution in [0, 0.1) is 5.92 Å². The first-order valence-electron chi connectivity index (χ1n) is 5.25. The maximum atomic E-state index is 11.3. The van der Waals surface area contributed by atoms with Crippen LogP contribution in [0.5, 0.6) is 0 Å². The largest absolute Gasteiger partial charge is 0.469 e. The highest BCUT2D eigenvalue weighted by Crippen LogP contribution is 2.09. The minimum absolute atomic E-state index is 0.136. The van der Waals surface area contributed by atoms with Gasteiger partial charge in [-0.1, -0.05) is 20.8 Å². The summed E-state index contributed by atoms with van der Waals surface area (Å²) in [7, 11) is 1.32. The number of carbonyl (C=O) groups is 2. The molecule has 0 aliphatic heterocycles. The van der Waals surface area contributed by atoms with Crippen molar-refractivity contribution in [3.8, 4) is 0 Å². The standard InChI is InChI=1S/C11H20O4/c1-5-9(7-10(12)14-4)15-11(13)6-8(2)3/h8-9H,5-7H2,1-4H3. The van der Waals surface area contributed by atoms with Gasteiger partial charge in [-0.2, -0.15) is 0 Å². The Kier molecular flexibility index (Phi) is 6.75. The minimum atomic E-state index is -0.358. The van der Waals surface area contributed by atoms with Gasteiger partial charge in [0.1, 0.15) is 6.10 Å². The summed E-state index contributed by atoms with van der Waals surface area (Å²) < 4.78 is 9.66. The van der Waals surface area contributed by atoms with E-state index in [4.69, 9.17) is 4.74 Å². The lowest BCUT2D eigenvalue weighted by Crippen LogP contribution is -2.22. The second-order valence-corrected chi connectivity index (χ2v) is 3.90. The molecule has 4 heteroatoms. The Morgan fingerprint density at radius 2 is 1.73 bits per heavy atom. The van der Waals surface area contributed by atoms with Gasteiger partial charge in [0, 0.05) is 6.42 Å². The zero-order valence-corrected chi connectivity index (χ0v) is 9.91. The van der Waals surface area contributed by atoms with Gasteiger partial charge in [0.2, 0.25) is 0 Å². The van der Waals surface area contributed by atoms with Crippen molar-refractivity contribution in [2.24, 2.45) is 5.92 Å². The first-order chi connectivity index (χ1) is 6.99. The van der Waals surface area contributed by atoms with Crippen molar-refractivity contribution in [2.75, 3.05) is 7.11 Å². The molecule has 0 radical (unpaired) electrons. The van der Waals surface area contributed by atoms with Crippen LogP contribution in [0.15, 0.2) is 0 Å². The predicted octanol–water partition coefficient (Wildman–Crippen LogP) is 1.92. The first kappa shape index (κ1) is 13.9. The summed E-state index contributed by atoms with van der Waals surface area (Å²) in [5.74, 6) is -0.326. The topological polar surface area (TPSA) is 52.6 Å². The number of hydrogen-bond acceptors (Lipinski definition) is 4. The molecular formula is C11H20O4. The van der Waals surface area contributed by atoms with E-state index in [1.807, 2.05) is 20.8 Å². The molecular weight excluding hydrogens is 196 g/mol. The second-order valence-electron chi connectivity index (χ2n) is 3.90. The molecule has 0 N–H and O–H groups in total. The molecule has 0 aromatic rings. The quantitative estimate of drug-likeness (QED) is 0.636. The average molecular weight is 216 g/mol. The molecule has 0 aromatic heterocycles. The molecule has 0 aliphatic carbocycles. The zero-order valence-electron chi connectivity index (χ0n) is 9.91. The van der Waals surface area contributed by atoms with Gasteiger partial charge in [-0.15, -0.1) is 0 Å². The van der Waals surface area contributed by atoms with E-state index in [-0.39, 0.29) is 30.4 Å². The molecule has 0 spiro atoms. The van der Waals surface area contributed by atoms with Crippen molar-refractivity contribution in [1.82, 2.24) is 0 Å². The van der Waals surface area contributed by atoms with Gasteiger partial charge in [0.05, 0.1) is 13.5 Å². The molecule has 0 amide bonds. The maximum absolute atomic E-state index is 11.3. The fourth-order valence-electron chi connectivity index (χ4n) is 1.11. The van der Waals surface area contributed by atoms with Crippen LogP contribution in [0.1, 0.15) is 40.0 Å². The van der Waals surface area contributed by atoms with Crippen molar-refractivity contribution < 1.29 is 19.1 Å². The van der Waals surface area contributed by atoms with Crippen LogP contribution < -0.4 is 0 Å². The summed E-state index contributed by atoms with van der Waals surface area (Å²) in [6, 6.07) is 0. The van der Waals surface area contributed by atoms with Crippen LogP contribution in [0.3, 0.4) is 0 Å². The number of hydrogen-bond donors (Lipinski definition) is 0. The zero-order chi connectivity index (χ0) is 11.8. The third-order valence-electron chi connectivity index (χ3n) is 1.95. The van der Waals surface area contributed by atoms with Crippen LogP contribution in [-0.4, -0.2) is 25.2 Å². The van der Waals surface area contributed by atoms with Crippen LogP contribution in [0.2, 0.25) is 0 Å². The molecule has 88 valence electrons. The second kappa shape index (κ2) is 7.26. The summed E-state index contributed by atoms with van der Waals surface area (Å²) in [4.78, 5) is 22.3. The van der Waals surface area contributed by atoms with Crippen molar-refractivity contribution in [3.63, 3.8) is 0 Å². The Balaban J connectivity index is 3.98. The minimum Gasteiger partial charge on any atom is -0.469 e. The lowest BCUT2D eigenvalue weighted by molar-refractivity contribution is -0.154. The highest BCUT2D eigenvalue weighted by molar-refractivity contribution is 5.72. The molecule has 0 saturated carbocycles. The Hall–Kier alpha value is -1.06. The van der Waals surface area contributed by atoms with Gasteiger partial charge >= 0.3 is 11.9 Å². The highest BCUT2D eigenvalue weighted by Gasteiger charge is 2.17. The Labute approximate surface area is 90.9 Å². The molecule has 0 bridgehead atoms. The normalized spacial score (nSPS) is 12.3. The molecule has 1 atom stereocenters. The van der Waals surface area contributed by atoms with Crippen molar-refractivity contribution >= 4 is 11.9 Å².